The van der Waals surface area contributed by atoms with Crippen molar-refractivity contribution >= 4 is 39.7 Å². The molecule has 0 aromatic carbocycles. The first-order chi connectivity index (χ1) is 12.1. The van der Waals surface area contributed by atoms with Crippen LogP contribution >= 0.6 is 11.3 Å². The average molecular weight is 358 g/mol. The van der Waals surface area contributed by atoms with Gasteiger partial charge >= 0.3 is 5.69 Å². The molecule has 11 nitrogen and oxygen atoms in total. The van der Waals surface area contributed by atoms with Crippen LogP contribution in [0.25, 0.3) is 0 Å². The molecule has 3 aromatic heterocycles. The molecule has 0 aliphatic heterocycles. The Hall–Kier alpha value is -3.67. The minimum absolute atomic E-state index is 0.0481. The number of nitrogens with one attached hydrogen (secondary N) is 3. The number of amides is 1. The van der Waals surface area contributed by atoms with E-state index < -0.39 is 16.5 Å². The van der Waals surface area contributed by atoms with Crippen LogP contribution in [-0.2, 0) is 0 Å². The minimum atomic E-state index is -0.658. The SMILES string of the molecule is O=C(NNc1ncnc(Nc2nccs2)c1[N+](=O)[O-])c1cccnc1. The highest BCUT2D eigenvalue weighted by Crippen LogP contribution is 2.31. The van der Waals surface area contributed by atoms with Crippen LogP contribution in [0.2, 0.25) is 0 Å². The predicted molar refractivity (Wildman–Crippen MR) is 89.4 cm³/mol. The lowest BCUT2D eigenvalue weighted by atomic mass is 10.3. The normalized spacial score (nSPS) is 10.1. The monoisotopic (exact) mass is 358 g/mol. The van der Waals surface area contributed by atoms with Gasteiger partial charge in [-0.25, -0.2) is 15.0 Å². The summed E-state index contributed by atoms with van der Waals surface area (Å²) < 4.78 is 0. The molecule has 12 heteroatoms. The zero-order valence-electron chi connectivity index (χ0n) is 12.4. The van der Waals surface area contributed by atoms with E-state index in [1.165, 1.54) is 23.7 Å². The van der Waals surface area contributed by atoms with Crippen molar-refractivity contribution in [2.75, 3.05) is 10.7 Å². The second-order valence-corrected chi connectivity index (χ2v) is 5.35. The van der Waals surface area contributed by atoms with E-state index in [-0.39, 0.29) is 17.2 Å². The van der Waals surface area contributed by atoms with Crippen molar-refractivity contribution < 1.29 is 9.72 Å². The lowest BCUT2D eigenvalue weighted by Gasteiger charge is -2.09. The number of pyridine rings is 1. The summed E-state index contributed by atoms with van der Waals surface area (Å²) in [5, 5.41) is 16.3. The molecule has 0 fully saturated rings. The Morgan fingerprint density at radius 3 is 2.72 bits per heavy atom. The standard InChI is InChI=1S/C13H10N8O3S/c22-12(8-2-1-3-14-6-8)20-19-11-9(21(23)24)10(16-7-17-11)18-13-15-4-5-25-13/h1-7H,(H,20,22)(H2,15,16,17,18,19). The number of hydrogen-bond donors (Lipinski definition) is 3. The van der Waals surface area contributed by atoms with Gasteiger partial charge in [0.15, 0.2) is 5.13 Å². The third-order valence-electron chi connectivity index (χ3n) is 2.88. The number of hydrazine groups is 1. The Morgan fingerprint density at radius 1 is 1.20 bits per heavy atom. The van der Waals surface area contributed by atoms with E-state index in [1.807, 2.05) is 0 Å². The number of anilines is 3. The lowest BCUT2D eigenvalue weighted by Crippen LogP contribution is -2.30. The quantitative estimate of drug-likeness (QED) is 0.442. The van der Waals surface area contributed by atoms with Gasteiger partial charge in [0.05, 0.1) is 10.5 Å². The Labute approximate surface area is 144 Å². The smallest absolute Gasteiger partial charge is 0.310 e. The van der Waals surface area contributed by atoms with Crippen molar-refractivity contribution in [1.82, 2.24) is 25.4 Å². The molecular formula is C13H10N8O3S. The number of carbonyl (C=O) groups excluding carboxylic acids is 1. The summed E-state index contributed by atoms with van der Waals surface area (Å²) in [6.45, 7) is 0. The van der Waals surface area contributed by atoms with Crippen molar-refractivity contribution in [2.24, 2.45) is 0 Å². The van der Waals surface area contributed by atoms with E-state index >= 15 is 0 Å². The Bertz CT molecular complexity index is 888. The molecule has 126 valence electrons. The Morgan fingerprint density at radius 2 is 2.04 bits per heavy atom. The van der Waals surface area contributed by atoms with E-state index in [0.717, 1.165) is 6.33 Å². The van der Waals surface area contributed by atoms with E-state index in [4.69, 9.17) is 0 Å². The summed E-state index contributed by atoms with van der Waals surface area (Å²) in [6, 6.07) is 3.14. The minimum Gasteiger partial charge on any atom is -0.310 e. The molecule has 0 spiro atoms. The highest BCUT2D eigenvalue weighted by molar-refractivity contribution is 7.13. The highest BCUT2D eigenvalue weighted by atomic mass is 32.1. The third kappa shape index (κ3) is 3.81. The van der Waals surface area contributed by atoms with Crippen LogP contribution < -0.4 is 16.2 Å². The molecule has 3 rings (SSSR count). The molecule has 0 atom stereocenters. The number of nitrogens with zero attached hydrogens (tertiary/aromatic N) is 5. The van der Waals surface area contributed by atoms with Crippen molar-refractivity contribution in [3.05, 3.63) is 58.1 Å². The largest absolute Gasteiger partial charge is 0.355 e. The van der Waals surface area contributed by atoms with Crippen LogP contribution in [0.15, 0.2) is 42.4 Å². The van der Waals surface area contributed by atoms with Crippen LogP contribution in [0.4, 0.5) is 22.5 Å². The van der Waals surface area contributed by atoms with Gasteiger partial charge in [0.1, 0.15) is 6.33 Å². The van der Waals surface area contributed by atoms with Crippen molar-refractivity contribution in [1.29, 1.82) is 0 Å². The molecule has 3 aromatic rings. The maximum absolute atomic E-state index is 12.0. The fourth-order valence-electron chi connectivity index (χ4n) is 1.81. The summed E-state index contributed by atoms with van der Waals surface area (Å²) in [6.07, 6.45) is 5.56. The van der Waals surface area contributed by atoms with E-state index in [0.29, 0.717) is 5.13 Å². The number of nitro groups is 1. The lowest BCUT2D eigenvalue weighted by molar-refractivity contribution is -0.383. The number of hydrogen-bond acceptors (Lipinski definition) is 10. The second kappa shape index (κ2) is 7.27. The van der Waals surface area contributed by atoms with Crippen LogP contribution in [0.1, 0.15) is 10.4 Å². The van der Waals surface area contributed by atoms with Crippen LogP contribution in [0.3, 0.4) is 0 Å². The molecule has 0 saturated heterocycles. The van der Waals surface area contributed by atoms with E-state index in [9.17, 15) is 14.9 Å². The zero-order chi connectivity index (χ0) is 17.6. The maximum Gasteiger partial charge on any atom is 0.355 e. The summed E-state index contributed by atoms with van der Waals surface area (Å²) in [5.74, 6) is -0.736. The van der Waals surface area contributed by atoms with Gasteiger partial charge in [-0.3, -0.25) is 30.7 Å². The van der Waals surface area contributed by atoms with Gasteiger partial charge in [-0.05, 0) is 12.1 Å². The van der Waals surface area contributed by atoms with Crippen molar-refractivity contribution in [2.45, 2.75) is 0 Å². The predicted octanol–water partition coefficient (Wildman–Crippen LogP) is 1.74. The summed E-state index contributed by atoms with van der Waals surface area (Å²) in [5.41, 5.74) is 4.63. The van der Waals surface area contributed by atoms with Crippen LogP contribution in [0.5, 0.6) is 0 Å². The molecule has 0 radical (unpaired) electrons. The Kier molecular flexibility index (Phi) is 4.71. The third-order valence-corrected chi connectivity index (χ3v) is 3.57. The molecule has 25 heavy (non-hydrogen) atoms. The first-order valence-corrected chi connectivity index (χ1v) is 7.65. The maximum atomic E-state index is 12.0. The van der Waals surface area contributed by atoms with Gasteiger partial charge in [-0.2, -0.15) is 0 Å². The molecule has 0 unspecified atom stereocenters. The van der Waals surface area contributed by atoms with Crippen molar-refractivity contribution in [3.8, 4) is 0 Å². The van der Waals surface area contributed by atoms with Gasteiger partial charge < -0.3 is 5.32 Å². The number of rotatable bonds is 6. The molecule has 3 heterocycles. The number of carbonyl (C=O) groups is 1. The average Bonchev–Trinajstić information content (AvgIpc) is 3.13. The molecule has 0 bridgehead atoms. The number of thiazole rings is 1. The fraction of sp³-hybridized carbons (Fsp3) is 0. The first-order valence-electron chi connectivity index (χ1n) is 6.77. The molecular weight excluding hydrogens is 348 g/mol. The molecule has 0 aliphatic carbocycles. The van der Waals surface area contributed by atoms with Crippen molar-refractivity contribution in [3.63, 3.8) is 0 Å². The van der Waals surface area contributed by atoms with Gasteiger partial charge in [-0.1, -0.05) is 0 Å². The van der Waals surface area contributed by atoms with Crippen LogP contribution in [0, 0.1) is 10.1 Å². The topological polar surface area (TPSA) is 148 Å². The summed E-state index contributed by atoms with van der Waals surface area (Å²) in [4.78, 5) is 38.2. The zero-order valence-corrected chi connectivity index (χ0v) is 13.2. The molecule has 0 aliphatic rings. The number of aromatic nitrogens is 4. The van der Waals surface area contributed by atoms with Gasteiger partial charge in [0.2, 0.25) is 11.6 Å². The van der Waals surface area contributed by atoms with Gasteiger partial charge in [-0.15, -0.1) is 11.3 Å². The molecule has 1 amide bonds. The molecule has 0 saturated carbocycles. The van der Waals surface area contributed by atoms with Gasteiger partial charge in [0, 0.05) is 24.0 Å². The summed E-state index contributed by atoms with van der Waals surface area (Å²) >= 11 is 1.26. The first kappa shape index (κ1) is 16.2. The molecule has 3 N–H and O–H groups in total. The summed E-state index contributed by atoms with van der Waals surface area (Å²) in [7, 11) is 0. The highest BCUT2D eigenvalue weighted by Gasteiger charge is 2.24. The van der Waals surface area contributed by atoms with Crippen LogP contribution in [-0.4, -0.2) is 30.8 Å². The van der Waals surface area contributed by atoms with E-state index in [1.54, 1.807) is 23.7 Å². The van der Waals surface area contributed by atoms with E-state index in [2.05, 4.69) is 36.1 Å². The fourth-order valence-corrected chi connectivity index (χ4v) is 2.33. The van der Waals surface area contributed by atoms with Gasteiger partial charge in [0.25, 0.3) is 5.91 Å². The second-order valence-electron chi connectivity index (χ2n) is 4.46. The Balaban J connectivity index is 1.81.